The van der Waals surface area contributed by atoms with Crippen LogP contribution in [-0.4, -0.2) is 44.3 Å². The van der Waals surface area contributed by atoms with Gasteiger partial charge in [-0.15, -0.1) is 0 Å². The summed E-state index contributed by atoms with van der Waals surface area (Å²) in [5, 5.41) is 38.8. The maximum atomic E-state index is 9.74. The monoisotopic (exact) mass is 204 g/mol. The lowest BCUT2D eigenvalue weighted by Gasteiger charge is -2.45. The summed E-state index contributed by atoms with van der Waals surface area (Å²) in [6, 6.07) is 0. The Morgan fingerprint density at radius 2 is 1.71 bits per heavy atom. The van der Waals surface area contributed by atoms with Crippen molar-refractivity contribution in [1.82, 2.24) is 0 Å². The van der Waals surface area contributed by atoms with Crippen LogP contribution in [0.2, 0.25) is 0 Å². The first-order chi connectivity index (χ1) is 6.27. The van der Waals surface area contributed by atoms with Gasteiger partial charge in [-0.2, -0.15) is 0 Å². The molecule has 4 N–H and O–H groups in total. The van der Waals surface area contributed by atoms with Gasteiger partial charge in [0.2, 0.25) is 0 Å². The molecule has 0 unspecified atom stereocenters. The zero-order chi connectivity index (χ0) is 11.1. The third-order valence-electron chi connectivity index (χ3n) is 3.19. The Bertz CT molecular complexity index is 202. The van der Waals surface area contributed by atoms with Crippen molar-refractivity contribution in [3.63, 3.8) is 0 Å². The van der Waals surface area contributed by atoms with Crippen molar-refractivity contribution < 1.29 is 20.4 Å². The molecule has 1 fully saturated rings. The lowest BCUT2D eigenvalue weighted by atomic mass is 9.70. The highest BCUT2D eigenvalue weighted by molar-refractivity contribution is 5.00. The van der Waals surface area contributed by atoms with Crippen LogP contribution in [-0.2, 0) is 0 Å². The summed E-state index contributed by atoms with van der Waals surface area (Å²) in [6.07, 6.45) is -2.90. The highest BCUT2D eigenvalue weighted by Gasteiger charge is 2.49. The van der Waals surface area contributed by atoms with Crippen LogP contribution in [0.25, 0.3) is 0 Å². The Kier molecular flexibility index (Phi) is 3.21. The predicted octanol–water partition coefficient (Wildman–Crippen LogP) is -0.504. The van der Waals surface area contributed by atoms with Crippen LogP contribution in [0.5, 0.6) is 0 Å². The molecule has 4 nitrogen and oxygen atoms in total. The molecule has 0 bridgehead atoms. The second-order valence-corrected chi connectivity index (χ2v) is 4.89. The van der Waals surface area contributed by atoms with E-state index in [2.05, 4.69) is 0 Å². The zero-order valence-electron chi connectivity index (χ0n) is 8.88. The molecule has 0 saturated heterocycles. The van der Waals surface area contributed by atoms with E-state index >= 15 is 0 Å². The molecule has 1 aliphatic carbocycles. The predicted molar refractivity (Wildman–Crippen MR) is 51.6 cm³/mol. The molecular formula is C10H20O4. The molecule has 1 aliphatic rings. The summed E-state index contributed by atoms with van der Waals surface area (Å²) in [5.74, 6) is -0.295. The van der Waals surface area contributed by atoms with Crippen LogP contribution in [0.3, 0.4) is 0 Å². The average molecular weight is 204 g/mol. The molecule has 5 atom stereocenters. The van der Waals surface area contributed by atoms with Crippen molar-refractivity contribution in [2.45, 2.75) is 51.1 Å². The fourth-order valence-corrected chi connectivity index (χ4v) is 2.32. The number of hydrogen-bond donors (Lipinski definition) is 4. The van der Waals surface area contributed by atoms with Gasteiger partial charge in [-0.3, -0.25) is 0 Å². The minimum atomic E-state index is -1.40. The lowest BCUT2D eigenvalue weighted by molar-refractivity contribution is -0.200. The lowest BCUT2D eigenvalue weighted by Crippen LogP contribution is -2.60. The van der Waals surface area contributed by atoms with Crippen LogP contribution in [0, 0.1) is 11.8 Å². The van der Waals surface area contributed by atoms with Crippen molar-refractivity contribution in [3.05, 3.63) is 0 Å². The van der Waals surface area contributed by atoms with E-state index in [0.29, 0.717) is 0 Å². The molecule has 1 saturated carbocycles. The van der Waals surface area contributed by atoms with Crippen molar-refractivity contribution in [2.24, 2.45) is 11.8 Å². The summed E-state index contributed by atoms with van der Waals surface area (Å²) in [6.45, 7) is 5.19. The van der Waals surface area contributed by atoms with Crippen molar-refractivity contribution in [2.75, 3.05) is 0 Å². The van der Waals surface area contributed by atoms with Crippen molar-refractivity contribution in [3.8, 4) is 0 Å². The molecule has 14 heavy (non-hydrogen) atoms. The average Bonchev–Trinajstić information content (AvgIpc) is 1.98. The van der Waals surface area contributed by atoms with Crippen molar-refractivity contribution in [1.29, 1.82) is 0 Å². The largest absolute Gasteiger partial charge is 0.393 e. The summed E-state index contributed by atoms with van der Waals surface area (Å²) in [5.41, 5.74) is -1.40. The fourth-order valence-electron chi connectivity index (χ4n) is 2.32. The normalized spacial score (nSPS) is 49.7. The zero-order valence-corrected chi connectivity index (χ0v) is 8.88. The minimum Gasteiger partial charge on any atom is -0.393 e. The minimum absolute atomic E-state index is 0.0748. The van der Waals surface area contributed by atoms with Gasteiger partial charge in [0.25, 0.3) is 0 Å². The highest BCUT2D eigenvalue weighted by atomic mass is 16.4. The van der Waals surface area contributed by atoms with E-state index < -0.39 is 23.9 Å². The molecule has 4 heteroatoms. The van der Waals surface area contributed by atoms with E-state index in [1.807, 2.05) is 13.8 Å². The first-order valence-corrected chi connectivity index (χ1v) is 5.04. The Morgan fingerprint density at radius 3 is 2.14 bits per heavy atom. The molecule has 0 aromatic heterocycles. The second kappa shape index (κ2) is 3.77. The number of aliphatic hydroxyl groups excluding tert-OH is 3. The SMILES string of the molecule is CC(C)[C@H]1[C@H](O)[C@H](O)[C@@](C)(O)C[C@H]1O. The summed E-state index contributed by atoms with van der Waals surface area (Å²) < 4.78 is 0. The number of aliphatic hydroxyl groups is 4. The third-order valence-corrected chi connectivity index (χ3v) is 3.19. The van der Waals surface area contributed by atoms with E-state index in [9.17, 15) is 20.4 Å². The van der Waals surface area contributed by atoms with E-state index in [4.69, 9.17) is 0 Å². The molecule has 0 aromatic carbocycles. The quantitative estimate of drug-likeness (QED) is 0.464. The Balaban J connectivity index is 2.85. The summed E-state index contributed by atoms with van der Waals surface area (Å²) >= 11 is 0. The van der Waals surface area contributed by atoms with Crippen LogP contribution in [0.4, 0.5) is 0 Å². The molecule has 0 spiro atoms. The Hall–Kier alpha value is -0.160. The molecule has 0 aliphatic heterocycles. The van der Waals surface area contributed by atoms with Gasteiger partial charge in [0, 0.05) is 12.3 Å². The van der Waals surface area contributed by atoms with Gasteiger partial charge in [0.05, 0.1) is 17.8 Å². The molecule has 0 heterocycles. The Labute approximate surface area is 84.2 Å². The molecular weight excluding hydrogens is 184 g/mol. The molecule has 84 valence electrons. The van der Waals surface area contributed by atoms with E-state index in [1.165, 1.54) is 6.92 Å². The number of rotatable bonds is 1. The second-order valence-electron chi connectivity index (χ2n) is 4.89. The van der Waals surface area contributed by atoms with E-state index in [1.54, 1.807) is 0 Å². The van der Waals surface area contributed by atoms with Gasteiger partial charge in [-0.1, -0.05) is 13.8 Å². The van der Waals surface area contributed by atoms with Crippen molar-refractivity contribution >= 4 is 0 Å². The smallest absolute Gasteiger partial charge is 0.109 e. The van der Waals surface area contributed by atoms with Gasteiger partial charge in [0.1, 0.15) is 6.10 Å². The Morgan fingerprint density at radius 1 is 1.21 bits per heavy atom. The van der Waals surface area contributed by atoms with E-state index in [-0.39, 0.29) is 18.3 Å². The molecule has 0 radical (unpaired) electrons. The van der Waals surface area contributed by atoms with Crippen LogP contribution >= 0.6 is 0 Å². The molecule has 1 rings (SSSR count). The third kappa shape index (κ3) is 1.93. The summed E-state index contributed by atoms with van der Waals surface area (Å²) in [7, 11) is 0. The topological polar surface area (TPSA) is 80.9 Å². The standard InChI is InChI=1S/C10H20O4/c1-5(2)7-6(11)4-10(3,14)9(13)8(7)12/h5-9,11-14H,4H2,1-3H3/t6-,7-,8+,9+,10+/m1/s1. The van der Waals surface area contributed by atoms with Crippen LogP contribution < -0.4 is 0 Å². The first kappa shape index (κ1) is 11.9. The summed E-state index contributed by atoms with van der Waals surface area (Å²) in [4.78, 5) is 0. The first-order valence-electron chi connectivity index (χ1n) is 5.04. The highest BCUT2D eigenvalue weighted by Crippen LogP contribution is 2.36. The van der Waals surface area contributed by atoms with E-state index in [0.717, 1.165) is 0 Å². The van der Waals surface area contributed by atoms with Gasteiger partial charge >= 0.3 is 0 Å². The fraction of sp³-hybridized carbons (Fsp3) is 1.00. The molecule has 0 aromatic rings. The van der Waals surface area contributed by atoms with Gasteiger partial charge in [-0.05, 0) is 12.8 Å². The van der Waals surface area contributed by atoms with Gasteiger partial charge in [0.15, 0.2) is 0 Å². The number of hydrogen-bond acceptors (Lipinski definition) is 4. The maximum absolute atomic E-state index is 9.74. The molecule has 0 amide bonds. The van der Waals surface area contributed by atoms with Gasteiger partial charge in [-0.25, -0.2) is 0 Å². The van der Waals surface area contributed by atoms with Crippen LogP contribution in [0.15, 0.2) is 0 Å². The van der Waals surface area contributed by atoms with Crippen LogP contribution in [0.1, 0.15) is 27.2 Å². The van der Waals surface area contributed by atoms with Gasteiger partial charge < -0.3 is 20.4 Å². The maximum Gasteiger partial charge on any atom is 0.109 e.